The summed E-state index contributed by atoms with van der Waals surface area (Å²) in [6.07, 6.45) is 4.55. The van der Waals surface area contributed by atoms with Gasteiger partial charge in [0.2, 0.25) is 5.91 Å². The standard InChI is InChI=1S/C11H14N6O.2ClH/c1-8(4-12)11(18)16-9-2-3-10(14-5-9)17-7-13-6-15-17;;/h2-3,5-8H,4,12H2,1H3,(H,16,18);2*1H. The van der Waals surface area contributed by atoms with Crippen LogP contribution in [0.15, 0.2) is 31.0 Å². The zero-order valence-corrected chi connectivity index (χ0v) is 12.4. The van der Waals surface area contributed by atoms with Gasteiger partial charge in [-0.1, -0.05) is 6.92 Å². The molecule has 0 aliphatic carbocycles. The lowest BCUT2D eigenvalue weighted by molar-refractivity contribution is -0.119. The number of amides is 1. The van der Waals surface area contributed by atoms with Gasteiger partial charge in [0.05, 0.1) is 11.9 Å². The summed E-state index contributed by atoms with van der Waals surface area (Å²) in [5, 5.41) is 6.70. The number of rotatable bonds is 4. The Labute approximate surface area is 128 Å². The van der Waals surface area contributed by atoms with E-state index in [1.54, 1.807) is 31.6 Å². The molecule has 0 fully saturated rings. The number of halogens is 2. The highest BCUT2D eigenvalue weighted by Crippen LogP contribution is 2.09. The molecule has 1 unspecified atom stereocenters. The van der Waals surface area contributed by atoms with Gasteiger partial charge in [-0.15, -0.1) is 24.8 Å². The summed E-state index contributed by atoms with van der Waals surface area (Å²) >= 11 is 0. The minimum absolute atomic E-state index is 0. The van der Waals surface area contributed by atoms with Gasteiger partial charge in [0.25, 0.3) is 0 Å². The van der Waals surface area contributed by atoms with E-state index in [4.69, 9.17) is 5.73 Å². The molecule has 2 aromatic rings. The predicted molar refractivity (Wildman–Crippen MR) is 80.5 cm³/mol. The molecule has 0 aromatic carbocycles. The van der Waals surface area contributed by atoms with E-state index in [-0.39, 0.29) is 36.6 Å². The van der Waals surface area contributed by atoms with Crippen molar-refractivity contribution < 1.29 is 4.79 Å². The third-order valence-corrected chi connectivity index (χ3v) is 2.47. The third-order valence-electron chi connectivity index (χ3n) is 2.47. The number of hydrogen-bond acceptors (Lipinski definition) is 5. The first-order chi connectivity index (χ1) is 8.70. The second-order valence-corrected chi connectivity index (χ2v) is 3.87. The molecule has 2 heterocycles. The van der Waals surface area contributed by atoms with Gasteiger partial charge in [-0.3, -0.25) is 4.79 Å². The van der Waals surface area contributed by atoms with Crippen molar-refractivity contribution in [3.05, 3.63) is 31.0 Å². The molecular weight excluding hydrogens is 303 g/mol. The Kier molecular flexibility index (Phi) is 7.75. The second-order valence-electron chi connectivity index (χ2n) is 3.87. The SMILES string of the molecule is CC(CN)C(=O)Nc1ccc(-n2cncn2)nc1.Cl.Cl. The number of pyridine rings is 1. The van der Waals surface area contributed by atoms with E-state index in [0.29, 0.717) is 18.1 Å². The van der Waals surface area contributed by atoms with Crippen molar-refractivity contribution in [3.8, 4) is 5.82 Å². The van der Waals surface area contributed by atoms with Crippen LogP contribution in [0, 0.1) is 5.92 Å². The average molecular weight is 319 g/mol. The van der Waals surface area contributed by atoms with Crippen LogP contribution < -0.4 is 11.1 Å². The summed E-state index contributed by atoms with van der Waals surface area (Å²) in [6.45, 7) is 2.09. The first kappa shape index (κ1) is 18.3. The normalized spacial score (nSPS) is 10.9. The van der Waals surface area contributed by atoms with Gasteiger partial charge in [0.1, 0.15) is 12.7 Å². The van der Waals surface area contributed by atoms with E-state index >= 15 is 0 Å². The Morgan fingerprint density at radius 1 is 1.45 bits per heavy atom. The fraction of sp³-hybridized carbons (Fsp3) is 0.273. The predicted octanol–water partition coefficient (Wildman–Crippen LogP) is 1.04. The van der Waals surface area contributed by atoms with E-state index in [1.165, 1.54) is 11.0 Å². The van der Waals surface area contributed by atoms with Crippen molar-refractivity contribution in [2.45, 2.75) is 6.92 Å². The second kappa shape index (κ2) is 8.47. The molecule has 0 aliphatic rings. The Balaban J connectivity index is 0.00000180. The Morgan fingerprint density at radius 3 is 2.70 bits per heavy atom. The van der Waals surface area contributed by atoms with Gasteiger partial charge in [-0.05, 0) is 12.1 Å². The van der Waals surface area contributed by atoms with Crippen molar-refractivity contribution in [1.82, 2.24) is 19.7 Å². The molecule has 1 amide bonds. The molecule has 7 nitrogen and oxygen atoms in total. The summed E-state index contributed by atoms with van der Waals surface area (Å²) in [6, 6.07) is 3.50. The molecule has 2 rings (SSSR count). The molecule has 0 bridgehead atoms. The molecule has 0 radical (unpaired) electrons. The van der Waals surface area contributed by atoms with E-state index in [2.05, 4.69) is 20.4 Å². The summed E-state index contributed by atoms with van der Waals surface area (Å²) in [5.41, 5.74) is 6.05. The maximum atomic E-state index is 11.6. The van der Waals surface area contributed by atoms with Crippen molar-refractivity contribution in [2.24, 2.45) is 11.7 Å². The van der Waals surface area contributed by atoms with Crippen LogP contribution in [0.4, 0.5) is 5.69 Å². The minimum Gasteiger partial charge on any atom is -0.330 e. The number of nitrogens with one attached hydrogen (secondary N) is 1. The quantitative estimate of drug-likeness (QED) is 0.877. The minimum atomic E-state index is -0.222. The highest BCUT2D eigenvalue weighted by molar-refractivity contribution is 5.92. The van der Waals surface area contributed by atoms with Crippen LogP contribution in [0.25, 0.3) is 5.82 Å². The molecule has 3 N–H and O–H groups in total. The Hall–Kier alpha value is -1.70. The summed E-state index contributed by atoms with van der Waals surface area (Å²) < 4.78 is 1.54. The van der Waals surface area contributed by atoms with Crippen LogP contribution >= 0.6 is 24.8 Å². The van der Waals surface area contributed by atoms with Crippen LogP contribution in [0.2, 0.25) is 0 Å². The van der Waals surface area contributed by atoms with Gasteiger partial charge < -0.3 is 11.1 Å². The number of nitrogens with zero attached hydrogens (tertiary/aromatic N) is 4. The zero-order valence-electron chi connectivity index (χ0n) is 10.8. The van der Waals surface area contributed by atoms with Gasteiger partial charge in [0.15, 0.2) is 5.82 Å². The molecule has 0 aliphatic heterocycles. The molecular formula is C11H16Cl2N6O. The van der Waals surface area contributed by atoms with Crippen molar-refractivity contribution in [1.29, 1.82) is 0 Å². The van der Waals surface area contributed by atoms with Gasteiger partial charge >= 0.3 is 0 Å². The number of carbonyl (C=O) groups excluding carboxylic acids is 1. The largest absolute Gasteiger partial charge is 0.330 e. The molecule has 1 atom stereocenters. The lowest BCUT2D eigenvalue weighted by Gasteiger charge is -2.09. The van der Waals surface area contributed by atoms with Gasteiger partial charge in [-0.25, -0.2) is 14.6 Å². The monoisotopic (exact) mass is 318 g/mol. The summed E-state index contributed by atoms with van der Waals surface area (Å²) in [4.78, 5) is 19.6. The molecule has 9 heteroatoms. The van der Waals surface area contributed by atoms with E-state index in [1.807, 2.05) is 0 Å². The fourth-order valence-corrected chi connectivity index (χ4v) is 1.29. The van der Waals surface area contributed by atoms with Crippen molar-refractivity contribution in [2.75, 3.05) is 11.9 Å². The van der Waals surface area contributed by atoms with Crippen LogP contribution in [0.3, 0.4) is 0 Å². The molecule has 0 saturated carbocycles. The lowest BCUT2D eigenvalue weighted by Crippen LogP contribution is -2.26. The third kappa shape index (κ3) is 4.44. The maximum absolute atomic E-state index is 11.6. The van der Waals surface area contributed by atoms with Gasteiger partial charge in [0, 0.05) is 12.5 Å². The molecule has 2 aromatic heterocycles. The average Bonchev–Trinajstić information content (AvgIpc) is 2.92. The lowest BCUT2D eigenvalue weighted by atomic mass is 10.1. The number of carbonyl (C=O) groups is 1. The highest BCUT2D eigenvalue weighted by atomic mass is 35.5. The molecule has 110 valence electrons. The number of anilines is 1. The number of hydrogen-bond donors (Lipinski definition) is 2. The van der Waals surface area contributed by atoms with E-state index < -0.39 is 0 Å². The van der Waals surface area contributed by atoms with Crippen LogP contribution in [-0.2, 0) is 4.79 Å². The molecule has 20 heavy (non-hydrogen) atoms. The van der Waals surface area contributed by atoms with Crippen LogP contribution in [0.1, 0.15) is 6.92 Å². The molecule has 0 saturated heterocycles. The number of nitrogens with two attached hydrogens (primary N) is 1. The van der Waals surface area contributed by atoms with Gasteiger partial charge in [-0.2, -0.15) is 5.10 Å². The van der Waals surface area contributed by atoms with E-state index in [0.717, 1.165) is 0 Å². The topological polar surface area (TPSA) is 98.7 Å². The van der Waals surface area contributed by atoms with E-state index in [9.17, 15) is 4.79 Å². The first-order valence-electron chi connectivity index (χ1n) is 5.52. The highest BCUT2D eigenvalue weighted by Gasteiger charge is 2.10. The molecule has 0 spiro atoms. The zero-order chi connectivity index (χ0) is 13.0. The Bertz CT molecular complexity index is 516. The fourth-order valence-electron chi connectivity index (χ4n) is 1.29. The number of aromatic nitrogens is 4. The smallest absolute Gasteiger partial charge is 0.228 e. The Morgan fingerprint density at radius 2 is 2.20 bits per heavy atom. The summed E-state index contributed by atoms with van der Waals surface area (Å²) in [7, 11) is 0. The van der Waals surface area contributed by atoms with Crippen molar-refractivity contribution >= 4 is 36.4 Å². The van der Waals surface area contributed by atoms with Crippen LogP contribution in [-0.4, -0.2) is 32.2 Å². The van der Waals surface area contributed by atoms with Crippen LogP contribution in [0.5, 0.6) is 0 Å². The summed E-state index contributed by atoms with van der Waals surface area (Å²) in [5.74, 6) is 0.296. The first-order valence-corrected chi connectivity index (χ1v) is 5.52. The maximum Gasteiger partial charge on any atom is 0.228 e. The van der Waals surface area contributed by atoms with Crippen molar-refractivity contribution in [3.63, 3.8) is 0 Å².